The molecule has 114 valence electrons. The molecule has 1 aromatic carbocycles. The number of carbonyl (C=O) groups is 1. The molecule has 0 bridgehead atoms. The molecule has 0 atom stereocenters. The molecule has 6 nitrogen and oxygen atoms in total. The van der Waals surface area contributed by atoms with E-state index in [4.69, 9.17) is 12.2 Å². The van der Waals surface area contributed by atoms with Crippen LogP contribution in [-0.2, 0) is 11.3 Å². The minimum absolute atomic E-state index is 0.0394. The molecule has 0 aliphatic heterocycles. The Kier molecular flexibility index (Phi) is 5.18. The van der Waals surface area contributed by atoms with Gasteiger partial charge in [0.2, 0.25) is 0 Å². The topological polar surface area (TPSA) is 84.3 Å². The van der Waals surface area contributed by atoms with Gasteiger partial charge in [-0.1, -0.05) is 18.3 Å². The van der Waals surface area contributed by atoms with Crippen molar-refractivity contribution in [2.24, 2.45) is 0 Å². The van der Waals surface area contributed by atoms with Gasteiger partial charge in [-0.3, -0.25) is 14.9 Å². The number of nitrogens with zero attached hydrogens (tertiary/aromatic N) is 1. The molecule has 2 rings (SSSR count). The monoisotopic (exact) mass is 335 g/mol. The zero-order valence-electron chi connectivity index (χ0n) is 11.7. The van der Waals surface area contributed by atoms with E-state index in [9.17, 15) is 14.9 Å². The lowest BCUT2D eigenvalue weighted by Gasteiger charge is -2.08. The second-order valence-corrected chi connectivity index (χ2v) is 5.97. The van der Waals surface area contributed by atoms with Crippen LogP contribution in [-0.4, -0.2) is 15.8 Å². The zero-order chi connectivity index (χ0) is 16.1. The van der Waals surface area contributed by atoms with Crippen LogP contribution < -0.4 is 10.6 Å². The molecule has 0 saturated carbocycles. The molecule has 22 heavy (non-hydrogen) atoms. The van der Waals surface area contributed by atoms with E-state index in [-0.39, 0.29) is 10.7 Å². The third-order valence-corrected chi connectivity index (χ3v) is 3.95. The summed E-state index contributed by atoms with van der Waals surface area (Å²) < 4.78 is 0. The van der Waals surface area contributed by atoms with Gasteiger partial charge in [0, 0.05) is 22.7 Å². The minimum atomic E-state index is -0.504. The van der Waals surface area contributed by atoms with Gasteiger partial charge in [0.1, 0.15) is 0 Å². The van der Waals surface area contributed by atoms with Crippen molar-refractivity contribution in [2.75, 3.05) is 5.32 Å². The first-order valence-electron chi connectivity index (χ1n) is 6.33. The van der Waals surface area contributed by atoms with Gasteiger partial charge in [-0.2, -0.15) is 0 Å². The largest absolute Gasteiger partial charge is 0.367 e. The number of anilines is 1. The van der Waals surface area contributed by atoms with Crippen LogP contribution in [0, 0.1) is 17.0 Å². The summed E-state index contributed by atoms with van der Waals surface area (Å²) in [5.74, 6) is -0.494. The van der Waals surface area contributed by atoms with Crippen LogP contribution in [0.4, 0.5) is 11.4 Å². The number of thiophene rings is 1. The van der Waals surface area contributed by atoms with Crippen LogP contribution in [0.1, 0.15) is 10.4 Å². The lowest BCUT2D eigenvalue weighted by Crippen LogP contribution is -2.33. The molecule has 2 N–H and O–H groups in total. The number of hydrogen-bond acceptors (Lipinski definition) is 5. The van der Waals surface area contributed by atoms with E-state index in [2.05, 4.69) is 10.6 Å². The molecule has 8 heteroatoms. The van der Waals surface area contributed by atoms with Gasteiger partial charge < -0.3 is 10.6 Å². The zero-order valence-corrected chi connectivity index (χ0v) is 13.3. The lowest BCUT2D eigenvalue weighted by atomic mass is 10.2. The van der Waals surface area contributed by atoms with Crippen molar-refractivity contribution in [2.45, 2.75) is 13.5 Å². The summed E-state index contributed by atoms with van der Waals surface area (Å²) in [6, 6.07) is 8.22. The van der Waals surface area contributed by atoms with Crippen LogP contribution in [0.3, 0.4) is 0 Å². The second-order valence-electron chi connectivity index (χ2n) is 4.53. The predicted molar refractivity (Wildman–Crippen MR) is 90.2 cm³/mol. The summed E-state index contributed by atoms with van der Waals surface area (Å²) in [6.07, 6.45) is 0. The molecule has 1 aromatic heterocycles. The number of nitrogens with one attached hydrogen (secondary N) is 2. The third-order valence-electron chi connectivity index (χ3n) is 2.74. The number of carbonyl (C=O) groups excluding carboxylic acids is 1. The minimum Gasteiger partial charge on any atom is -0.367 e. The highest BCUT2D eigenvalue weighted by Crippen LogP contribution is 2.20. The Morgan fingerprint density at radius 3 is 2.82 bits per heavy atom. The Bertz CT molecular complexity index is 714. The Labute approximate surface area is 136 Å². The molecular weight excluding hydrogens is 322 g/mol. The van der Waals surface area contributed by atoms with Gasteiger partial charge in [0.15, 0.2) is 4.99 Å². The Hall–Kier alpha value is -2.32. The van der Waals surface area contributed by atoms with Crippen molar-refractivity contribution in [3.63, 3.8) is 0 Å². The highest BCUT2D eigenvalue weighted by Gasteiger charge is 2.13. The quantitative estimate of drug-likeness (QED) is 0.510. The number of thiocarbonyl (C=S) groups is 1. The number of hydrogen-bond donors (Lipinski definition) is 2. The fourth-order valence-corrected chi connectivity index (χ4v) is 2.56. The summed E-state index contributed by atoms with van der Waals surface area (Å²) in [5, 5.41) is 18.2. The summed E-state index contributed by atoms with van der Waals surface area (Å²) in [5.41, 5.74) is 0.951. The first kappa shape index (κ1) is 16.1. The first-order valence-corrected chi connectivity index (χ1v) is 7.62. The molecule has 0 aliphatic carbocycles. The van der Waals surface area contributed by atoms with Crippen molar-refractivity contribution >= 4 is 45.8 Å². The predicted octanol–water partition coefficient (Wildman–Crippen LogP) is 3.02. The van der Waals surface area contributed by atoms with Crippen molar-refractivity contribution < 1.29 is 9.72 Å². The van der Waals surface area contributed by atoms with Crippen LogP contribution in [0.25, 0.3) is 0 Å². The number of aryl methyl sites for hydroxylation is 1. The number of nitro groups is 1. The van der Waals surface area contributed by atoms with Crippen molar-refractivity contribution in [1.82, 2.24) is 5.32 Å². The van der Waals surface area contributed by atoms with Crippen LogP contribution in [0.15, 0.2) is 35.7 Å². The molecule has 1 heterocycles. The molecule has 0 saturated heterocycles. The standard InChI is InChI=1S/C14H13N3O3S2/c1-9-5-10(7-11(6-9)17(19)20)16-13(18)14(21)15-8-12-3-2-4-22-12/h2-7H,8H2,1H3,(H,15,21)(H,16,18). The number of nitro benzene ring substituents is 1. The first-order chi connectivity index (χ1) is 10.5. The van der Waals surface area contributed by atoms with Crippen molar-refractivity contribution in [1.29, 1.82) is 0 Å². The number of non-ortho nitro benzene ring substituents is 1. The van der Waals surface area contributed by atoms with E-state index >= 15 is 0 Å². The van der Waals surface area contributed by atoms with Gasteiger partial charge in [-0.25, -0.2) is 0 Å². The van der Waals surface area contributed by atoms with Gasteiger partial charge in [-0.15, -0.1) is 11.3 Å². The molecule has 0 unspecified atom stereocenters. The number of benzene rings is 1. The van der Waals surface area contributed by atoms with E-state index in [1.807, 2.05) is 17.5 Å². The van der Waals surface area contributed by atoms with Crippen LogP contribution in [0.2, 0.25) is 0 Å². The van der Waals surface area contributed by atoms with E-state index < -0.39 is 10.8 Å². The van der Waals surface area contributed by atoms with Crippen molar-refractivity contribution in [3.05, 3.63) is 56.3 Å². The summed E-state index contributed by atoms with van der Waals surface area (Å²) in [7, 11) is 0. The fourth-order valence-electron chi connectivity index (χ4n) is 1.79. The highest BCUT2D eigenvalue weighted by molar-refractivity contribution is 7.82. The van der Waals surface area contributed by atoms with Crippen LogP contribution >= 0.6 is 23.6 Å². The molecule has 0 fully saturated rings. The van der Waals surface area contributed by atoms with E-state index in [1.165, 1.54) is 12.1 Å². The third kappa shape index (κ3) is 4.34. The average Bonchev–Trinajstić information content (AvgIpc) is 2.97. The molecule has 0 aliphatic rings. The smallest absolute Gasteiger partial charge is 0.283 e. The fraction of sp³-hybridized carbons (Fsp3) is 0.143. The molecule has 0 radical (unpaired) electrons. The normalized spacial score (nSPS) is 10.0. The van der Waals surface area contributed by atoms with E-state index in [1.54, 1.807) is 24.3 Å². The summed E-state index contributed by atoms with van der Waals surface area (Å²) >= 11 is 6.57. The Morgan fingerprint density at radius 1 is 1.41 bits per heavy atom. The number of amides is 1. The average molecular weight is 335 g/mol. The van der Waals surface area contributed by atoms with Gasteiger partial charge in [0.25, 0.3) is 11.6 Å². The summed E-state index contributed by atoms with van der Waals surface area (Å²) in [6.45, 7) is 2.19. The highest BCUT2D eigenvalue weighted by atomic mass is 32.1. The van der Waals surface area contributed by atoms with Gasteiger partial charge >= 0.3 is 0 Å². The number of rotatable bonds is 4. The maximum atomic E-state index is 12.0. The Balaban J connectivity index is 1.99. The van der Waals surface area contributed by atoms with E-state index in [0.717, 1.165) is 4.88 Å². The van der Waals surface area contributed by atoms with Gasteiger partial charge in [0.05, 0.1) is 11.5 Å². The van der Waals surface area contributed by atoms with Crippen molar-refractivity contribution in [3.8, 4) is 0 Å². The lowest BCUT2D eigenvalue weighted by molar-refractivity contribution is -0.384. The molecule has 0 spiro atoms. The van der Waals surface area contributed by atoms with Gasteiger partial charge in [-0.05, 0) is 30.0 Å². The maximum Gasteiger partial charge on any atom is 0.283 e. The van der Waals surface area contributed by atoms with Crippen LogP contribution in [0.5, 0.6) is 0 Å². The summed E-state index contributed by atoms with van der Waals surface area (Å²) in [4.78, 5) is 23.4. The Morgan fingerprint density at radius 2 is 2.18 bits per heavy atom. The molecule has 1 amide bonds. The molecule has 2 aromatic rings. The van der Waals surface area contributed by atoms with E-state index in [0.29, 0.717) is 17.8 Å². The molecular formula is C14H13N3O3S2. The maximum absolute atomic E-state index is 12.0. The SMILES string of the molecule is Cc1cc(NC(=O)C(=S)NCc2cccs2)cc([N+](=O)[O-])c1. The second kappa shape index (κ2) is 7.10.